The van der Waals surface area contributed by atoms with Gasteiger partial charge in [-0.3, -0.25) is 0 Å². The number of hydrogen-bond acceptors (Lipinski definition) is 4. The molecule has 2 aromatic heterocycles. The Hall–Kier alpha value is -1.14. The fraction of sp³-hybridized carbons (Fsp3) is 0.455. The Morgan fingerprint density at radius 1 is 1.29 bits per heavy atom. The molecular weight excluding hydrogens is 284 g/mol. The molecule has 90 valence electrons. The van der Waals surface area contributed by atoms with Crippen LogP contribution >= 0.6 is 15.9 Å². The van der Waals surface area contributed by atoms with E-state index < -0.39 is 0 Å². The van der Waals surface area contributed by atoms with E-state index in [0.29, 0.717) is 0 Å². The van der Waals surface area contributed by atoms with Crippen LogP contribution in [0, 0.1) is 0 Å². The maximum Gasteiger partial charge on any atom is 0.180 e. The van der Waals surface area contributed by atoms with Gasteiger partial charge in [-0.15, -0.1) is 0 Å². The van der Waals surface area contributed by atoms with Crippen LogP contribution in [0.2, 0.25) is 0 Å². The van der Waals surface area contributed by atoms with E-state index >= 15 is 0 Å². The first-order valence-corrected chi connectivity index (χ1v) is 6.46. The molecule has 0 bridgehead atoms. The van der Waals surface area contributed by atoms with Crippen molar-refractivity contribution in [3.05, 3.63) is 23.2 Å². The second kappa shape index (κ2) is 4.62. The van der Waals surface area contributed by atoms with Crippen LogP contribution in [0.3, 0.4) is 0 Å². The van der Waals surface area contributed by atoms with Crippen molar-refractivity contribution in [3.8, 4) is 0 Å². The van der Waals surface area contributed by atoms with Gasteiger partial charge in [-0.05, 0) is 22.4 Å². The van der Waals surface area contributed by atoms with Crippen LogP contribution in [0.5, 0.6) is 0 Å². The van der Waals surface area contributed by atoms with Gasteiger partial charge in [0.25, 0.3) is 0 Å². The van der Waals surface area contributed by atoms with E-state index in [4.69, 9.17) is 4.74 Å². The molecule has 0 saturated carbocycles. The molecule has 2 aromatic rings. The lowest BCUT2D eigenvalue weighted by Crippen LogP contribution is -2.27. The largest absolute Gasteiger partial charge is 0.380 e. The smallest absolute Gasteiger partial charge is 0.180 e. The van der Waals surface area contributed by atoms with Crippen molar-refractivity contribution in [1.82, 2.24) is 14.4 Å². The van der Waals surface area contributed by atoms with E-state index in [-0.39, 0.29) is 0 Å². The molecule has 0 aliphatic carbocycles. The second-order valence-corrected chi connectivity index (χ2v) is 4.81. The Morgan fingerprint density at radius 2 is 2.24 bits per heavy atom. The molecule has 3 heterocycles. The number of nitrogens with zero attached hydrogens (tertiary/aromatic N) is 4. The average Bonchev–Trinajstić information content (AvgIpc) is 2.62. The van der Waals surface area contributed by atoms with Gasteiger partial charge in [0.05, 0.1) is 6.61 Å². The van der Waals surface area contributed by atoms with Gasteiger partial charge in [0.1, 0.15) is 4.60 Å². The molecule has 5 nitrogen and oxygen atoms in total. The molecule has 0 unspecified atom stereocenters. The minimum atomic E-state index is 0.751. The first kappa shape index (κ1) is 11.0. The van der Waals surface area contributed by atoms with Crippen LogP contribution in [0.25, 0.3) is 5.65 Å². The summed E-state index contributed by atoms with van der Waals surface area (Å²) in [6, 6.07) is 0. The molecule has 17 heavy (non-hydrogen) atoms. The summed E-state index contributed by atoms with van der Waals surface area (Å²) in [6.07, 6.45) is 6.67. The lowest BCUT2D eigenvalue weighted by molar-refractivity contribution is 0.152. The van der Waals surface area contributed by atoms with Crippen molar-refractivity contribution < 1.29 is 4.74 Å². The van der Waals surface area contributed by atoms with Crippen molar-refractivity contribution in [2.45, 2.75) is 6.42 Å². The maximum absolute atomic E-state index is 5.46. The SMILES string of the molecule is Brc1cn2ccnc2c(N2CCCOCC2)n1. The quantitative estimate of drug-likeness (QED) is 0.804. The molecule has 1 aliphatic rings. The lowest BCUT2D eigenvalue weighted by Gasteiger charge is -2.21. The van der Waals surface area contributed by atoms with E-state index in [1.165, 1.54) is 0 Å². The molecule has 1 aliphatic heterocycles. The van der Waals surface area contributed by atoms with E-state index in [1.54, 1.807) is 6.20 Å². The van der Waals surface area contributed by atoms with Crippen LogP contribution in [0.4, 0.5) is 5.82 Å². The molecule has 0 amide bonds. The summed E-state index contributed by atoms with van der Waals surface area (Å²) in [5, 5.41) is 0. The third kappa shape index (κ3) is 2.14. The van der Waals surface area contributed by atoms with E-state index in [2.05, 4.69) is 30.8 Å². The van der Waals surface area contributed by atoms with Crippen LogP contribution < -0.4 is 4.90 Å². The molecular formula is C11H13BrN4O. The van der Waals surface area contributed by atoms with Gasteiger partial charge in [-0.25, -0.2) is 9.97 Å². The van der Waals surface area contributed by atoms with Gasteiger partial charge in [0, 0.05) is 38.3 Å². The number of hydrogen-bond donors (Lipinski definition) is 0. The van der Waals surface area contributed by atoms with Crippen LogP contribution in [-0.4, -0.2) is 40.7 Å². The number of halogens is 1. The monoisotopic (exact) mass is 296 g/mol. The summed E-state index contributed by atoms with van der Waals surface area (Å²) in [5.41, 5.74) is 0.898. The summed E-state index contributed by atoms with van der Waals surface area (Å²) in [6.45, 7) is 3.41. The molecule has 0 N–H and O–H groups in total. The first-order chi connectivity index (χ1) is 8.34. The van der Waals surface area contributed by atoms with Gasteiger partial charge in [0.2, 0.25) is 0 Å². The Labute approximate surface area is 108 Å². The van der Waals surface area contributed by atoms with Crippen LogP contribution in [0.1, 0.15) is 6.42 Å². The molecule has 0 radical (unpaired) electrons. The highest BCUT2D eigenvalue weighted by Gasteiger charge is 2.16. The fourth-order valence-electron chi connectivity index (χ4n) is 2.06. The third-order valence-corrected chi connectivity index (χ3v) is 3.23. The summed E-state index contributed by atoms with van der Waals surface area (Å²) < 4.78 is 8.27. The van der Waals surface area contributed by atoms with Crippen LogP contribution in [0.15, 0.2) is 23.2 Å². The van der Waals surface area contributed by atoms with Gasteiger partial charge in [-0.2, -0.15) is 0 Å². The highest BCUT2D eigenvalue weighted by atomic mass is 79.9. The zero-order chi connectivity index (χ0) is 11.7. The molecule has 0 atom stereocenters. The van der Waals surface area contributed by atoms with Crippen molar-refractivity contribution in [3.63, 3.8) is 0 Å². The first-order valence-electron chi connectivity index (χ1n) is 5.66. The molecule has 1 saturated heterocycles. The van der Waals surface area contributed by atoms with Crippen molar-refractivity contribution in [1.29, 1.82) is 0 Å². The van der Waals surface area contributed by atoms with Gasteiger partial charge in [-0.1, -0.05) is 0 Å². The zero-order valence-electron chi connectivity index (χ0n) is 9.34. The molecule has 0 aromatic carbocycles. The number of imidazole rings is 1. The Balaban J connectivity index is 2.05. The van der Waals surface area contributed by atoms with Gasteiger partial charge in [0.15, 0.2) is 11.5 Å². The normalized spacial score (nSPS) is 17.4. The summed E-state index contributed by atoms with van der Waals surface area (Å²) in [7, 11) is 0. The summed E-state index contributed by atoms with van der Waals surface area (Å²) >= 11 is 3.44. The third-order valence-electron chi connectivity index (χ3n) is 2.85. The standard InChI is InChI=1S/C11H13BrN4O/c12-9-8-16-4-2-13-10(16)11(14-9)15-3-1-6-17-7-5-15/h2,4,8H,1,3,5-7H2. The highest BCUT2D eigenvalue weighted by molar-refractivity contribution is 9.10. The fourth-order valence-corrected chi connectivity index (χ4v) is 2.44. The van der Waals surface area contributed by atoms with Crippen molar-refractivity contribution in [2.24, 2.45) is 0 Å². The lowest BCUT2D eigenvalue weighted by atomic mass is 10.4. The van der Waals surface area contributed by atoms with Crippen LogP contribution in [-0.2, 0) is 4.74 Å². The van der Waals surface area contributed by atoms with Crippen molar-refractivity contribution in [2.75, 3.05) is 31.2 Å². The molecule has 3 rings (SSSR count). The number of fused-ring (bicyclic) bond motifs is 1. The number of aromatic nitrogens is 3. The van der Waals surface area contributed by atoms with Gasteiger partial charge < -0.3 is 14.0 Å². The molecule has 6 heteroatoms. The predicted octanol–water partition coefficient (Wildman–Crippen LogP) is 1.72. The van der Waals surface area contributed by atoms with E-state index in [0.717, 1.165) is 48.8 Å². The zero-order valence-corrected chi connectivity index (χ0v) is 10.9. The number of ether oxygens (including phenoxy) is 1. The summed E-state index contributed by atoms with van der Waals surface area (Å²) in [4.78, 5) is 11.1. The highest BCUT2D eigenvalue weighted by Crippen LogP contribution is 2.21. The van der Waals surface area contributed by atoms with Gasteiger partial charge >= 0.3 is 0 Å². The van der Waals surface area contributed by atoms with E-state index in [1.807, 2.05) is 16.8 Å². The minimum absolute atomic E-state index is 0.751. The predicted molar refractivity (Wildman–Crippen MR) is 68.3 cm³/mol. The van der Waals surface area contributed by atoms with Crippen molar-refractivity contribution >= 4 is 27.4 Å². The summed E-state index contributed by atoms with van der Waals surface area (Å²) in [5.74, 6) is 0.926. The minimum Gasteiger partial charge on any atom is -0.380 e. The topological polar surface area (TPSA) is 42.7 Å². The Bertz CT molecular complexity index is 519. The van der Waals surface area contributed by atoms with E-state index in [9.17, 15) is 0 Å². The Morgan fingerprint density at radius 3 is 3.18 bits per heavy atom. The number of rotatable bonds is 1. The average molecular weight is 297 g/mol. The molecule has 1 fully saturated rings. The Kier molecular flexibility index (Phi) is 2.98. The number of anilines is 1. The second-order valence-electron chi connectivity index (χ2n) is 4.00. The molecule has 0 spiro atoms. The maximum atomic E-state index is 5.46.